The summed E-state index contributed by atoms with van der Waals surface area (Å²) in [5, 5.41) is 24.3. The topological polar surface area (TPSA) is 109 Å². The molecule has 67 heavy (non-hydrogen) atoms. The summed E-state index contributed by atoms with van der Waals surface area (Å²) in [7, 11) is 0. The molecule has 9 nitrogen and oxygen atoms in total. The van der Waals surface area contributed by atoms with Crippen molar-refractivity contribution in [3.63, 3.8) is 0 Å². The maximum Gasteiger partial charge on any atom is 0.223 e. The lowest BCUT2D eigenvalue weighted by Crippen LogP contribution is -2.72. The van der Waals surface area contributed by atoms with Crippen LogP contribution in [0.25, 0.3) is 0 Å². The summed E-state index contributed by atoms with van der Waals surface area (Å²) in [6, 6.07) is 64.9. The van der Waals surface area contributed by atoms with E-state index < -0.39 is 29.7 Å². The third-order valence-corrected chi connectivity index (χ3v) is 11.9. The summed E-state index contributed by atoms with van der Waals surface area (Å²) in [5.74, 6) is -1.47. The average molecular weight is 896 g/mol. The smallest absolute Gasteiger partial charge is 0.223 e. The molecule has 1 heterocycles. The maximum atomic E-state index is 13.9. The average Bonchev–Trinajstić information content (AvgIpc) is 3.37. The molecule has 8 rings (SSSR count). The van der Waals surface area contributed by atoms with Gasteiger partial charge in [0.25, 0.3) is 0 Å². The second-order valence-corrected chi connectivity index (χ2v) is 16.8. The molecule has 2 unspecified atom stereocenters. The van der Waals surface area contributed by atoms with E-state index in [0.29, 0.717) is 29.7 Å². The Bertz CT molecular complexity index is 2550. The van der Waals surface area contributed by atoms with Crippen LogP contribution in [0.2, 0.25) is 0 Å². The third kappa shape index (κ3) is 12.3. The van der Waals surface area contributed by atoms with Crippen molar-refractivity contribution in [1.82, 2.24) is 0 Å². The fourth-order valence-electron chi connectivity index (χ4n) is 8.51. The first-order valence-electron chi connectivity index (χ1n) is 22.8. The molecule has 1 N–H and O–H groups in total. The fraction of sp³-hybridized carbons (Fsp3) is 0.259. The van der Waals surface area contributed by atoms with Crippen LogP contribution in [0.3, 0.4) is 0 Å². The van der Waals surface area contributed by atoms with Crippen molar-refractivity contribution in [2.24, 2.45) is 0 Å². The first-order valence-corrected chi connectivity index (χ1v) is 22.8. The van der Waals surface area contributed by atoms with Gasteiger partial charge in [0.1, 0.15) is 29.7 Å². The summed E-state index contributed by atoms with van der Waals surface area (Å²) in [4.78, 5) is 0. The van der Waals surface area contributed by atoms with E-state index in [-0.39, 0.29) is 46.2 Å². The van der Waals surface area contributed by atoms with Crippen LogP contribution in [0, 0.1) is 11.3 Å². The lowest BCUT2D eigenvalue weighted by Gasteiger charge is -2.56. The summed E-state index contributed by atoms with van der Waals surface area (Å²) >= 11 is 0. The summed E-state index contributed by atoms with van der Waals surface area (Å²) in [6.45, 7) is 3.34. The Kier molecular flexibility index (Phi) is 16.4. The first-order chi connectivity index (χ1) is 32.9. The van der Waals surface area contributed by atoms with E-state index in [9.17, 15) is 10.4 Å². The molecular formula is C58H57NO8. The van der Waals surface area contributed by atoms with Crippen LogP contribution in [-0.2, 0) is 73.7 Å². The van der Waals surface area contributed by atoms with Crippen molar-refractivity contribution in [3.05, 3.63) is 244 Å². The van der Waals surface area contributed by atoms with E-state index in [4.69, 9.17) is 33.2 Å². The molecule has 0 saturated carbocycles. The minimum absolute atomic E-state index is 0.0651. The number of hydrogen-bond acceptors (Lipinski definition) is 9. The number of nitrogens with zero attached hydrogens (tertiary/aromatic N) is 1. The second-order valence-electron chi connectivity index (χ2n) is 16.8. The van der Waals surface area contributed by atoms with Gasteiger partial charge in [0, 0.05) is 5.56 Å². The molecule has 0 amide bonds. The fourth-order valence-corrected chi connectivity index (χ4v) is 8.51. The molecule has 0 aromatic heterocycles. The van der Waals surface area contributed by atoms with Gasteiger partial charge in [-0.05, 0) is 76.6 Å². The van der Waals surface area contributed by atoms with E-state index in [0.717, 1.165) is 39.1 Å². The number of rotatable bonds is 22. The third-order valence-electron chi connectivity index (χ3n) is 11.9. The van der Waals surface area contributed by atoms with Gasteiger partial charge in [-0.25, -0.2) is 0 Å². The molecule has 0 spiro atoms. The van der Waals surface area contributed by atoms with Crippen LogP contribution in [0.15, 0.2) is 194 Å². The van der Waals surface area contributed by atoms with Crippen molar-refractivity contribution >= 4 is 0 Å². The SMILES string of the molecule is CCOc1ccc(Cc2cc(C3(O)OC(COCc4ccccc4)(COCc4ccccc4)[C@@H](OCc4ccccc4)[C@H](OCc4ccccc4)C3OCc3ccccc3)ccc2C#N)cc1. The summed E-state index contributed by atoms with van der Waals surface area (Å²) < 4.78 is 47.7. The number of benzene rings is 7. The Hall–Kier alpha value is -6.45. The van der Waals surface area contributed by atoms with Crippen molar-refractivity contribution in [3.8, 4) is 11.8 Å². The highest BCUT2D eigenvalue weighted by atomic mass is 16.7. The molecule has 1 aliphatic rings. The van der Waals surface area contributed by atoms with Crippen LogP contribution >= 0.6 is 0 Å². The van der Waals surface area contributed by atoms with Gasteiger partial charge in [-0.1, -0.05) is 170 Å². The van der Waals surface area contributed by atoms with Crippen LogP contribution in [0.1, 0.15) is 57.0 Å². The van der Waals surface area contributed by atoms with Gasteiger partial charge in [-0.15, -0.1) is 0 Å². The van der Waals surface area contributed by atoms with Crippen LogP contribution in [-0.4, -0.2) is 48.8 Å². The maximum absolute atomic E-state index is 13.9. The molecule has 0 radical (unpaired) electrons. The molecule has 1 saturated heterocycles. The van der Waals surface area contributed by atoms with Crippen molar-refractivity contribution < 1.29 is 38.3 Å². The molecule has 0 aliphatic carbocycles. The Morgan fingerprint density at radius 3 is 1.43 bits per heavy atom. The first kappa shape index (κ1) is 47.1. The number of aliphatic hydroxyl groups is 1. The Morgan fingerprint density at radius 1 is 0.522 bits per heavy atom. The second kappa shape index (κ2) is 23.3. The molecule has 7 aromatic rings. The summed E-state index contributed by atoms with van der Waals surface area (Å²) in [5.41, 5.74) is 5.62. The van der Waals surface area contributed by atoms with Gasteiger partial charge in [-0.3, -0.25) is 0 Å². The highest BCUT2D eigenvalue weighted by Gasteiger charge is 2.64. The molecular weight excluding hydrogens is 839 g/mol. The highest BCUT2D eigenvalue weighted by Crippen LogP contribution is 2.47. The van der Waals surface area contributed by atoms with E-state index in [1.54, 1.807) is 12.1 Å². The largest absolute Gasteiger partial charge is 0.494 e. The predicted octanol–water partition coefficient (Wildman–Crippen LogP) is 10.7. The lowest BCUT2D eigenvalue weighted by atomic mass is 9.80. The van der Waals surface area contributed by atoms with E-state index in [2.05, 4.69) is 6.07 Å². The van der Waals surface area contributed by atoms with E-state index >= 15 is 0 Å². The number of hydrogen-bond donors (Lipinski definition) is 1. The van der Waals surface area contributed by atoms with Crippen molar-refractivity contribution in [2.75, 3.05) is 19.8 Å². The standard InChI is InChI=1S/C58H57NO8/c1-2-63-53-32-28-44(29-33-53)34-51-35-52(31-30-50(51)36-59)58(60)56(66-41-49-26-16-7-17-27-49)54(64-39-47-22-12-5-13-23-47)55(65-40-48-24-14-6-15-25-48)57(67-58,42-61-37-45-18-8-3-9-19-45)43-62-38-46-20-10-4-11-21-46/h3-33,35,54-56,60H,2,34,37-43H2,1H3/t54-,55-,56?,58?/m0/s1. The molecule has 342 valence electrons. The van der Waals surface area contributed by atoms with Gasteiger partial charge < -0.3 is 38.3 Å². The monoisotopic (exact) mass is 895 g/mol. The van der Waals surface area contributed by atoms with Gasteiger partial charge >= 0.3 is 0 Å². The molecule has 9 heteroatoms. The zero-order valence-corrected chi connectivity index (χ0v) is 37.8. The van der Waals surface area contributed by atoms with Gasteiger partial charge in [0.2, 0.25) is 5.79 Å². The molecule has 0 bridgehead atoms. The molecule has 7 aromatic carbocycles. The van der Waals surface area contributed by atoms with Gasteiger partial charge in [0.05, 0.1) is 64.5 Å². The van der Waals surface area contributed by atoms with Crippen LogP contribution < -0.4 is 4.74 Å². The van der Waals surface area contributed by atoms with Crippen LogP contribution in [0.4, 0.5) is 0 Å². The van der Waals surface area contributed by atoms with Crippen molar-refractivity contribution in [1.29, 1.82) is 5.26 Å². The van der Waals surface area contributed by atoms with Gasteiger partial charge in [-0.2, -0.15) is 5.26 Å². The van der Waals surface area contributed by atoms with Gasteiger partial charge in [0.15, 0.2) is 0 Å². The normalized spacial score (nSPS) is 18.8. The molecule has 4 atom stereocenters. The van der Waals surface area contributed by atoms with Crippen molar-refractivity contribution in [2.45, 2.75) is 76.1 Å². The van der Waals surface area contributed by atoms with E-state index in [1.807, 2.05) is 189 Å². The minimum atomic E-state index is -2.23. The Labute approximate surface area is 394 Å². The Balaban J connectivity index is 1.28. The minimum Gasteiger partial charge on any atom is -0.494 e. The zero-order valence-electron chi connectivity index (χ0n) is 37.8. The number of nitriles is 1. The molecule has 1 aliphatic heterocycles. The predicted molar refractivity (Wildman–Crippen MR) is 257 cm³/mol. The summed E-state index contributed by atoms with van der Waals surface area (Å²) in [6.07, 6.45) is -2.72. The Morgan fingerprint density at radius 2 is 0.970 bits per heavy atom. The van der Waals surface area contributed by atoms with E-state index in [1.165, 1.54) is 0 Å². The van der Waals surface area contributed by atoms with Crippen LogP contribution in [0.5, 0.6) is 5.75 Å². The zero-order chi connectivity index (χ0) is 46.2. The highest BCUT2D eigenvalue weighted by molar-refractivity contribution is 5.45. The lowest BCUT2D eigenvalue weighted by molar-refractivity contribution is -0.414. The quantitative estimate of drug-likeness (QED) is 0.0711. The molecule has 1 fully saturated rings. The number of ether oxygens (including phenoxy) is 7.